The number of alkyl halides is 3. The number of anilines is 1. The van der Waals surface area contributed by atoms with E-state index in [4.69, 9.17) is 9.15 Å². The molecule has 1 amide bonds. The topological polar surface area (TPSA) is 103 Å². The monoisotopic (exact) mass is 481 g/mol. The van der Waals surface area contributed by atoms with Gasteiger partial charge in [-0.1, -0.05) is 30.3 Å². The first kappa shape index (κ1) is 24.1. The van der Waals surface area contributed by atoms with Gasteiger partial charge in [-0.2, -0.15) is 13.2 Å². The normalized spacial score (nSPS) is 12.7. The summed E-state index contributed by atoms with van der Waals surface area (Å²) in [6.07, 6.45) is -5.10. The maximum absolute atomic E-state index is 13.1. The van der Waals surface area contributed by atoms with Gasteiger partial charge in [-0.25, -0.2) is 13.2 Å². The third-order valence-corrected chi connectivity index (χ3v) is 6.20. The summed E-state index contributed by atoms with van der Waals surface area (Å²) < 4.78 is 74.5. The molecule has 174 valence electrons. The second kappa shape index (κ2) is 9.49. The zero-order chi connectivity index (χ0) is 24.2. The standard InChI is InChI=1S/C22H18F3NO6S/c1-14(20(27)26-18-10-6-5-9-17(18)22(23,24)25)32-21(28)19-15(11-12-31-19)13-33(29,30)16-7-3-2-4-8-16/h2-12,14H,13H2,1H3,(H,26,27). The van der Waals surface area contributed by atoms with E-state index in [9.17, 15) is 31.2 Å². The number of amides is 1. The van der Waals surface area contributed by atoms with Crippen LogP contribution in [0.15, 0.2) is 76.2 Å². The summed E-state index contributed by atoms with van der Waals surface area (Å²) in [5, 5.41) is 2.08. The number of benzene rings is 2. The largest absolute Gasteiger partial charge is 0.457 e. The molecule has 33 heavy (non-hydrogen) atoms. The fourth-order valence-corrected chi connectivity index (χ4v) is 4.26. The zero-order valence-electron chi connectivity index (χ0n) is 17.1. The van der Waals surface area contributed by atoms with E-state index in [0.717, 1.165) is 25.3 Å². The van der Waals surface area contributed by atoms with Gasteiger partial charge in [-0.3, -0.25) is 4.79 Å². The summed E-state index contributed by atoms with van der Waals surface area (Å²) in [7, 11) is -3.80. The van der Waals surface area contributed by atoms with Crippen LogP contribution in [0.4, 0.5) is 18.9 Å². The quantitative estimate of drug-likeness (QED) is 0.500. The molecule has 0 radical (unpaired) electrons. The molecule has 0 saturated heterocycles. The molecule has 3 aromatic rings. The summed E-state index contributed by atoms with van der Waals surface area (Å²) in [6.45, 7) is 1.16. The van der Waals surface area contributed by atoms with E-state index in [2.05, 4.69) is 5.32 Å². The number of furan rings is 1. The summed E-state index contributed by atoms with van der Waals surface area (Å²) in [5.41, 5.74) is -1.54. The Balaban J connectivity index is 1.71. The highest BCUT2D eigenvalue weighted by molar-refractivity contribution is 7.90. The minimum absolute atomic E-state index is 0.0129. The highest BCUT2D eigenvalue weighted by Crippen LogP contribution is 2.34. The molecule has 1 N–H and O–H groups in total. The number of halogens is 3. The van der Waals surface area contributed by atoms with E-state index in [1.807, 2.05) is 0 Å². The Hall–Kier alpha value is -3.60. The van der Waals surface area contributed by atoms with Crippen molar-refractivity contribution in [2.45, 2.75) is 29.9 Å². The van der Waals surface area contributed by atoms with Gasteiger partial charge in [-0.15, -0.1) is 0 Å². The molecule has 1 heterocycles. The third kappa shape index (κ3) is 5.80. The number of rotatable bonds is 7. The molecule has 3 rings (SSSR count). The van der Waals surface area contributed by atoms with Gasteiger partial charge in [0.1, 0.15) is 0 Å². The van der Waals surface area contributed by atoms with Crippen molar-refractivity contribution in [3.05, 3.63) is 83.8 Å². The molecule has 7 nitrogen and oxygen atoms in total. The van der Waals surface area contributed by atoms with E-state index >= 15 is 0 Å². The van der Waals surface area contributed by atoms with E-state index < -0.39 is 56.8 Å². The number of ether oxygens (including phenoxy) is 1. The predicted molar refractivity (Wildman–Crippen MR) is 111 cm³/mol. The lowest BCUT2D eigenvalue weighted by Crippen LogP contribution is -2.31. The SMILES string of the molecule is CC(OC(=O)c1occc1CS(=O)(=O)c1ccccc1)C(=O)Nc1ccccc1C(F)(F)F. The minimum Gasteiger partial charge on any atom is -0.457 e. The zero-order valence-corrected chi connectivity index (χ0v) is 17.9. The number of sulfone groups is 1. The van der Waals surface area contributed by atoms with Gasteiger partial charge in [0.15, 0.2) is 15.9 Å². The van der Waals surface area contributed by atoms with E-state index in [1.54, 1.807) is 18.2 Å². The van der Waals surface area contributed by atoms with Gasteiger partial charge in [0.25, 0.3) is 5.91 Å². The van der Waals surface area contributed by atoms with Gasteiger partial charge < -0.3 is 14.5 Å². The van der Waals surface area contributed by atoms with Gasteiger partial charge in [0.2, 0.25) is 5.76 Å². The average molecular weight is 481 g/mol. The average Bonchev–Trinajstić information content (AvgIpc) is 3.21. The van der Waals surface area contributed by atoms with E-state index in [-0.39, 0.29) is 10.5 Å². The third-order valence-electron chi connectivity index (χ3n) is 4.52. The Morgan fingerprint density at radius 2 is 1.67 bits per heavy atom. The van der Waals surface area contributed by atoms with Gasteiger partial charge >= 0.3 is 12.1 Å². The Labute approximate surface area is 187 Å². The van der Waals surface area contributed by atoms with Crippen LogP contribution in [0.2, 0.25) is 0 Å². The molecule has 1 aromatic heterocycles. The second-order valence-electron chi connectivity index (χ2n) is 6.93. The number of nitrogens with one attached hydrogen (secondary N) is 1. The van der Waals surface area contributed by atoms with E-state index in [1.165, 1.54) is 30.3 Å². The van der Waals surface area contributed by atoms with Crippen LogP contribution in [0.25, 0.3) is 0 Å². The molecule has 1 unspecified atom stereocenters. The number of hydrogen-bond acceptors (Lipinski definition) is 6. The van der Waals surface area contributed by atoms with Crippen LogP contribution in [0.3, 0.4) is 0 Å². The highest BCUT2D eigenvalue weighted by atomic mass is 32.2. The molecule has 0 saturated carbocycles. The molecule has 1 atom stereocenters. The van der Waals surface area contributed by atoms with Crippen molar-refractivity contribution in [2.75, 3.05) is 5.32 Å². The number of carbonyl (C=O) groups is 2. The number of hydrogen-bond donors (Lipinski definition) is 1. The maximum atomic E-state index is 13.1. The van der Waals surface area contributed by atoms with Crippen LogP contribution in [-0.4, -0.2) is 26.4 Å². The Morgan fingerprint density at radius 1 is 1.03 bits per heavy atom. The molecule has 0 aliphatic rings. The molecule has 2 aromatic carbocycles. The predicted octanol–water partition coefficient (Wildman–Crippen LogP) is 4.46. The van der Waals surface area contributed by atoms with Crippen molar-refractivity contribution in [1.82, 2.24) is 0 Å². The Kier molecular flexibility index (Phi) is 6.92. The Bertz CT molecular complexity index is 1250. The fraction of sp³-hybridized carbons (Fsp3) is 0.182. The first-order chi connectivity index (χ1) is 15.5. The van der Waals surface area contributed by atoms with Crippen molar-refractivity contribution in [3.63, 3.8) is 0 Å². The second-order valence-corrected chi connectivity index (χ2v) is 8.92. The first-order valence-electron chi connectivity index (χ1n) is 9.51. The lowest BCUT2D eigenvalue weighted by molar-refractivity contribution is -0.137. The lowest BCUT2D eigenvalue weighted by Gasteiger charge is -2.16. The van der Waals surface area contributed by atoms with Crippen LogP contribution >= 0.6 is 0 Å². The summed E-state index contributed by atoms with van der Waals surface area (Å²) in [4.78, 5) is 24.8. The smallest absolute Gasteiger partial charge is 0.418 e. The molecule has 0 bridgehead atoms. The molecular formula is C22H18F3NO6S. The molecule has 11 heteroatoms. The van der Waals surface area contributed by atoms with E-state index in [0.29, 0.717) is 0 Å². The highest BCUT2D eigenvalue weighted by Gasteiger charge is 2.34. The van der Waals surface area contributed by atoms with Gasteiger partial charge in [0, 0.05) is 5.56 Å². The summed E-state index contributed by atoms with van der Waals surface area (Å²) >= 11 is 0. The number of carbonyl (C=O) groups excluding carboxylic acids is 2. The van der Waals surface area contributed by atoms with Crippen molar-refractivity contribution in [2.24, 2.45) is 0 Å². The van der Waals surface area contributed by atoms with Crippen molar-refractivity contribution in [1.29, 1.82) is 0 Å². The Morgan fingerprint density at radius 3 is 2.33 bits per heavy atom. The fourth-order valence-electron chi connectivity index (χ4n) is 2.89. The summed E-state index contributed by atoms with van der Waals surface area (Å²) in [5.74, 6) is -3.13. The van der Waals surface area contributed by atoms with Crippen LogP contribution in [0.5, 0.6) is 0 Å². The van der Waals surface area contributed by atoms with Gasteiger partial charge in [-0.05, 0) is 37.3 Å². The van der Waals surface area contributed by atoms with Crippen LogP contribution in [-0.2, 0) is 31.3 Å². The molecule has 0 aliphatic heterocycles. The first-order valence-corrected chi connectivity index (χ1v) is 11.2. The van der Waals surface area contributed by atoms with Crippen molar-refractivity contribution < 1.29 is 40.3 Å². The molecule has 0 aliphatic carbocycles. The summed E-state index contributed by atoms with van der Waals surface area (Å²) in [6, 6.07) is 13.2. The molecular weight excluding hydrogens is 463 g/mol. The molecule has 0 fully saturated rings. The van der Waals surface area contributed by atoms with Crippen molar-refractivity contribution >= 4 is 27.4 Å². The van der Waals surface area contributed by atoms with Crippen molar-refractivity contribution in [3.8, 4) is 0 Å². The van der Waals surface area contributed by atoms with Crippen LogP contribution < -0.4 is 5.32 Å². The molecule has 0 spiro atoms. The maximum Gasteiger partial charge on any atom is 0.418 e. The minimum atomic E-state index is -4.70. The van der Waals surface area contributed by atoms with Crippen LogP contribution in [0.1, 0.15) is 28.6 Å². The number of esters is 1. The van der Waals surface area contributed by atoms with Crippen LogP contribution in [0, 0.1) is 0 Å². The number of para-hydroxylation sites is 1. The van der Waals surface area contributed by atoms with Gasteiger partial charge in [0.05, 0.1) is 28.2 Å². The lowest BCUT2D eigenvalue weighted by atomic mass is 10.1.